The van der Waals surface area contributed by atoms with Gasteiger partial charge < -0.3 is 15.0 Å². The van der Waals surface area contributed by atoms with E-state index in [0.717, 1.165) is 22.9 Å². The minimum absolute atomic E-state index is 0.0229. The molecular formula is C26H23N3OS2. The van der Waals surface area contributed by atoms with Crippen molar-refractivity contribution in [1.82, 2.24) is 10.3 Å². The highest BCUT2D eigenvalue weighted by molar-refractivity contribution is 7.80. The zero-order chi connectivity index (χ0) is 22.1. The number of rotatable bonds is 5. The summed E-state index contributed by atoms with van der Waals surface area (Å²) in [6.07, 6.45) is 1.83. The summed E-state index contributed by atoms with van der Waals surface area (Å²) in [4.78, 5) is 9.33. The second-order valence-corrected chi connectivity index (χ2v) is 9.56. The van der Waals surface area contributed by atoms with Crippen LogP contribution in [0.15, 0.2) is 85.1 Å². The molecule has 0 spiro atoms. The molecule has 0 bridgehead atoms. The fourth-order valence-corrected chi connectivity index (χ4v) is 5.30. The molecule has 6 heteroatoms. The van der Waals surface area contributed by atoms with Gasteiger partial charge in [-0.15, -0.1) is 11.3 Å². The third-order valence-electron chi connectivity index (χ3n) is 5.52. The molecule has 5 rings (SSSR count). The smallest absolute Gasteiger partial charge is 0.174 e. The molecule has 2 aromatic heterocycles. The van der Waals surface area contributed by atoms with Crippen molar-refractivity contribution in [2.24, 2.45) is 0 Å². The van der Waals surface area contributed by atoms with E-state index in [-0.39, 0.29) is 12.1 Å². The topological polar surface area (TPSA) is 37.4 Å². The van der Waals surface area contributed by atoms with E-state index in [2.05, 4.69) is 59.4 Å². The van der Waals surface area contributed by atoms with E-state index in [4.69, 9.17) is 17.0 Å². The van der Waals surface area contributed by atoms with Crippen molar-refractivity contribution >= 4 is 34.4 Å². The lowest BCUT2D eigenvalue weighted by Crippen LogP contribution is -2.28. The van der Waals surface area contributed by atoms with Crippen LogP contribution < -0.4 is 15.0 Å². The van der Waals surface area contributed by atoms with Crippen LogP contribution in [0.3, 0.4) is 0 Å². The normalized spacial score (nSPS) is 17.9. The monoisotopic (exact) mass is 457 g/mol. The van der Waals surface area contributed by atoms with Crippen molar-refractivity contribution < 1.29 is 4.74 Å². The second kappa shape index (κ2) is 8.73. The summed E-state index contributed by atoms with van der Waals surface area (Å²) in [5.74, 6) is 1.62. The third kappa shape index (κ3) is 4.11. The molecule has 1 aliphatic heterocycles. The molecule has 1 aliphatic rings. The van der Waals surface area contributed by atoms with E-state index in [9.17, 15) is 0 Å². The highest BCUT2D eigenvalue weighted by Gasteiger charge is 2.41. The molecule has 2 aromatic carbocycles. The maximum Gasteiger partial charge on any atom is 0.174 e. The lowest BCUT2D eigenvalue weighted by molar-refractivity contribution is 0.482. The van der Waals surface area contributed by atoms with Gasteiger partial charge in [0.05, 0.1) is 17.8 Å². The number of hydrogen-bond donors (Lipinski definition) is 1. The zero-order valence-corrected chi connectivity index (χ0v) is 19.5. The number of benzene rings is 2. The molecule has 0 amide bonds. The van der Waals surface area contributed by atoms with Crippen LogP contribution in [0.25, 0.3) is 0 Å². The molecule has 0 radical (unpaired) electrons. The number of nitrogens with zero attached hydrogens (tertiary/aromatic N) is 2. The number of anilines is 1. The minimum atomic E-state index is -0.0229. The Morgan fingerprint density at radius 3 is 2.25 bits per heavy atom. The fraction of sp³-hybridized carbons (Fsp3) is 0.154. The quantitative estimate of drug-likeness (QED) is 0.336. The molecule has 160 valence electrons. The summed E-state index contributed by atoms with van der Waals surface area (Å²) in [5.41, 5.74) is 3.21. The molecule has 1 saturated heterocycles. The van der Waals surface area contributed by atoms with E-state index >= 15 is 0 Å². The first-order chi connectivity index (χ1) is 15.6. The molecule has 2 atom stereocenters. The molecular weight excluding hydrogens is 434 g/mol. The summed E-state index contributed by atoms with van der Waals surface area (Å²) in [6.45, 7) is 4.20. The molecule has 32 heavy (non-hydrogen) atoms. The number of aryl methyl sites for hydroxylation is 2. The Balaban J connectivity index is 1.46. The maximum absolute atomic E-state index is 6.01. The van der Waals surface area contributed by atoms with Crippen LogP contribution in [0.4, 0.5) is 5.69 Å². The fourth-order valence-electron chi connectivity index (χ4n) is 3.95. The van der Waals surface area contributed by atoms with E-state index in [1.807, 2.05) is 54.7 Å². The molecule has 4 aromatic rings. The van der Waals surface area contributed by atoms with Crippen molar-refractivity contribution in [3.8, 4) is 11.5 Å². The molecule has 1 N–H and O–H groups in total. The first-order valence-electron chi connectivity index (χ1n) is 10.5. The van der Waals surface area contributed by atoms with Gasteiger partial charge in [-0.1, -0.05) is 23.8 Å². The van der Waals surface area contributed by atoms with Crippen LogP contribution in [-0.2, 0) is 0 Å². The molecule has 0 aliphatic carbocycles. The van der Waals surface area contributed by atoms with Gasteiger partial charge in [-0.25, -0.2) is 0 Å². The van der Waals surface area contributed by atoms with Gasteiger partial charge in [0.15, 0.2) is 5.11 Å². The molecule has 1 fully saturated rings. The van der Waals surface area contributed by atoms with Gasteiger partial charge in [0.2, 0.25) is 0 Å². The zero-order valence-electron chi connectivity index (χ0n) is 17.9. The summed E-state index contributed by atoms with van der Waals surface area (Å²) in [5, 5.41) is 4.20. The SMILES string of the molecule is Cc1ccc(Oc2ccc(N3C(=S)NC(c4ccccn4)C3c3ccc(C)s3)cc2)cc1. The predicted octanol–water partition coefficient (Wildman–Crippen LogP) is 6.73. The standard InChI is InChI=1S/C26H23N3OS2/c1-17-6-11-20(12-7-17)30-21-13-9-19(10-14-21)29-25(23-15-8-18(2)32-23)24(28-26(29)31)22-5-3-4-16-27-22/h3-16,24-25H,1-2H3,(H,28,31). The Labute approximate surface area is 197 Å². The van der Waals surface area contributed by atoms with Gasteiger partial charge in [0.25, 0.3) is 0 Å². The third-order valence-corrected chi connectivity index (χ3v) is 6.91. The van der Waals surface area contributed by atoms with Gasteiger partial charge in [0.1, 0.15) is 11.5 Å². The summed E-state index contributed by atoms with van der Waals surface area (Å²) < 4.78 is 6.01. The van der Waals surface area contributed by atoms with Gasteiger partial charge in [0, 0.05) is 21.6 Å². The number of pyridine rings is 1. The van der Waals surface area contributed by atoms with Crippen LogP contribution in [0, 0.1) is 13.8 Å². The van der Waals surface area contributed by atoms with Crippen molar-refractivity contribution in [3.05, 3.63) is 106 Å². The Bertz CT molecular complexity index is 1220. The lowest BCUT2D eigenvalue weighted by Gasteiger charge is -2.27. The van der Waals surface area contributed by atoms with Gasteiger partial charge >= 0.3 is 0 Å². The van der Waals surface area contributed by atoms with Gasteiger partial charge in [-0.2, -0.15) is 0 Å². The number of thiophene rings is 1. The van der Waals surface area contributed by atoms with E-state index in [0.29, 0.717) is 5.11 Å². The average Bonchev–Trinajstić information content (AvgIpc) is 3.39. The highest BCUT2D eigenvalue weighted by Crippen LogP contribution is 2.43. The van der Waals surface area contributed by atoms with Crippen molar-refractivity contribution in [1.29, 1.82) is 0 Å². The number of nitrogens with one attached hydrogen (secondary N) is 1. The maximum atomic E-state index is 6.01. The van der Waals surface area contributed by atoms with E-state index in [1.165, 1.54) is 15.3 Å². The Kier molecular flexibility index (Phi) is 5.64. The summed E-state index contributed by atoms with van der Waals surface area (Å²) >= 11 is 7.59. The van der Waals surface area contributed by atoms with Gasteiger partial charge in [-0.3, -0.25) is 4.98 Å². The lowest BCUT2D eigenvalue weighted by atomic mass is 10.0. The largest absolute Gasteiger partial charge is 0.457 e. The van der Waals surface area contributed by atoms with Gasteiger partial charge in [-0.05, 0) is 86.7 Å². The van der Waals surface area contributed by atoms with Crippen molar-refractivity contribution in [3.63, 3.8) is 0 Å². The number of aromatic nitrogens is 1. The van der Waals surface area contributed by atoms with Crippen LogP contribution in [0.5, 0.6) is 11.5 Å². The minimum Gasteiger partial charge on any atom is -0.457 e. The summed E-state index contributed by atoms with van der Waals surface area (Å²) in [6, 6.07) is 26.5. The predicted molar refractivity (Wildman–Crippen MR) is 135 cm³/mol. The Morgan fingerprint density at radius 2 is 1.62 bits per heavy atom. The van der Waals surface area contributed by atoms with Crippen molar-refractivity contribution in [2.75, 3.05) is 4.90 Å². The molecule has 3 heterocycles. The second-order valence-electron chi connectivity index (χ2n) is 7.85. The van der Waals surface area contributed by atoms with Crippen molar-refractivity contribution in [2.45, 2.75) is 25.9 Å². The molecule has 0 saturated carbocycles. The Morgan fingerprint density at radius 1 is 0.906 bits per heavy atom. The van der Waals surface area contributed by atoms with Crippen LogP contribution in [-0.4, -0.2) is 10.1 Å². The summed E-state index contributed by atoms with van der Waals surface area (Å²) in [7, 11) is 0. The van der Waals surface area contributed by atoms with Crippen LogP contribution in [0.1, 0.15) is 33.1 Å². The highest BCUT2D eigenvalue weighted by atomic mass is 32.1. The molecule has 2 unspecified atom stereocenters. The molecule has 4 nitrogen and oxygen atoms in total. The Hall–Kier alpha value is -3.22. The first kappa shape index (κ1) is 20.7. The van der Waals surface area contributed by atoms with E-state index in [1.54, 1.807) is 11.3 Å². The number of thiocarbonyl (C=S) groups is 1. The number of ether oxygens (including phenoxy) is 1. The van der Waals surface area contributed by atoms with E-state index < -0.39 is 0 Å². The number of hydrogen-bond acceptors (Lipinski definition) is 4. The van der Waals surface area contributed by atoms with Crippen LogP contribution in [0.2, 0.25) is 0 Å². The van der Waals surface area contributed by atoms with Crippen LogP contribution >= 0.6 is 23.6 Å². The first-order valence-corrected chi connectivity index (χ1v) is 11.7. The average molecular weight is 458 g/mol.